The fourth-order valence-electron chi connectivity index (χ4n) is 6.79. The number of hydrogen-bond donors (Lipinski definition) is 2. The van der Waals surface area contributed by atoms with Crippen LogP contribution in [0.25, 0.3) is 0 Å². The minimum atomic E-state index is -0.498. The fraction of sp³-hybridized carbons (Fsp3) is 0.622. The molecular formula is C37H57N3O6. The van der Waals surface area contributed by atoms with Crippen LogP contribution < -0.4 is 15.0 Å². The Morgan fingerprint density at radius 3 is 2.57 bits per heavy atom. The van der Waals surface area contributed by atoms with Gasteiger partial charge in [-0.25, -0.2) is 4.79 Å². The molecule has 0 unspecified atom stereocenters. The van der Waals surface area contributed by atoms with Gasteiger partial charge >= 0.3 is 6.09 Å². The molecule has 3 fully saturated rings. The quantitative estimate of drug-likeness (QED) is 0.217. The fourth-order valence-corrected chi connectivity index (χ4v) is 6.79. The van der Waals surface area contributed by atoms with Crippen LogP contribution in [0.1, 0.15) is 74.1 Å². The smallest absolute Gasteiger partial charge is 0.410 e. The number of ether oxygens (including phenoxy) is 3. The number of amides is 2. The van der Waals surface area contributed by atoms with E-state index < -0.39 is 6.10 Å². The summed E-state index contributed by atoms with van der Waals surface area (Å²) < 4.78 is 17.1. The summed E-state index contributed by atoms with van der Waals surface area (Å²) in [7, 11) is 1.66. The predicted molar refractivity (Wildman–Crippen MR) is 184 cm³/mol. The number of nitrogens with zero attached hydrogens (tertiary/aromatic N) is 2. The van der Waals surface area contributed by atoms with Crippen LogP contribution in [0.2, 0.25) is 0 Å². The van der Waals surface area contributed by atoms with Crippen LogP contribution in [0.3, 0.4) is 0 Å². The lowest BCUT2D eigenvalue weighted by molar-refractivity contribution is -0.117. The van der Waals surface area contributed by atoms with Gasteiger partial charge in [0.15, 0.2) is 0 Å². The van der Waals surface area contributed by atoms with Crippen LogP contribution in [0.4, 0.5) is 10.5 Å². The summed E-state index contributed by atoms with van der Waals surface area (Å²) in [6, 6.07) is 8.10. The van der Waals surface area contributed by atoms with Crippen molar-refractivity contribution in [3.63, 3.8) is 0 Å². The highest BCUT2D eigenvalue weighted by Crippen LogP contribution is 2.33. The van der Waals surface area contributed by atoms with Crippen molar-refractivity contribution in [3.05, 3.63) is 60.2 Å². The van der Waals surface area contributed by atoms with Crippen molar-refractivity contribution < 1.29 is 30.3 Å². The zero-order valence-corrected chi connectivity index (χ0v) is 28.5. The summed E-state index contributed by atoms with van der Waals surface area (Å²) in [5.41, 5.74) is 2.10. The third-order valence-electron chi connectivity index (χ3n) is 9.38. The summed E-state index contributed by atoms with van der Waals surface area (Å²) >= 11 is 0. The molecule has 9 nitrogen and oxygen atoms in total. The van der Waals surface area contributed by atoms with E-state index >= 15 is 0 Å². The normalized spacial score (nSPS) is 26.3. The molecule has 0 radical (unpaired) electrons. The Kier molecular flexibility index (Phi) is 13.2. The van der Waals surface area contributed by atoms with Gasteiger partial charge in [0.25, 0.3) is 0 Å². The zero-order chi connectivity index (χ0) is 33.1. The molecule has 46 heavy (non-hydrogen) atoms. The van der Waals surface area contributed by atoms with Crippen molar-refractivity contribution in [1.82, 2.24) is 10.2 Å². The molecule has 2 aliphatic heterocycles. The third-order valence-corrected chi connectivity index (χ3v) is 9.38. The van der Waals surface area contributed by atoms with E-state index in [-0.39, 0.29) is 37.8 Å². The van der Waals surface area contributed by atoms with Gasteiger partial charge in [-0.15, -0.1) is 0 Å². The van der Waals surface area contributed by atoms with E-state index in [0.29, 0.717) is 38.0 Å². The summed E-state index contributed by atoms with van der Waals surface area (Å²) in [5.74, 6) is 1.58. The molecule has 1 saturated carbocycles. The molecule has 4 rings (SSSR count). The number of piperazine rings is 1. The first-order chi connectivity index (χ1) is 22.0. The second-order valence-electron chi connectivity index (χ2n) is 13.8. The number of methoxy groups -OCH3 is 1. The SMILES string of the molecule is COc1cccc(N2CCN(C(=O)O[C@@H](C)/C=C\C(=O)NC3CCC(C/C=C(C)/C=C/[C@@H]4C[C@H](CO)CC(C)(C)O4)CC3)CC2)c1.[HH]. The van der Waals surface area contributed by atoms with Gasteiger partial charge in [-0.3, -0.25) is 4.79 Å². The van der Waals surface area contributed by atoms with Crippen LogP contribution in [-0.4, -0.2) is 85.8 Å². The molecule has 2 saturated heterocycles. The molecule has 0 spiro atoms. The van der Waals surface area contributed by atoms with E-state index in [1.54, 1.807) is 25.0 Å². The molecule has 3 aliphatic rings. The van der Waals surface area contributed by atoms with Crippen molar-refractivity contribution in [2.75, 3.05) is 44.8 Å². The lowest BCUT2D eigenvalue weighted by Gasteiger charge is -2.39. The maximum atomic E-state index is 12.7. The number of allylic oxidation sites excluding steroid dienone is 3. The molecule has 0 bridgehead atoms. The second kappa shape index (κ2) is 17.0. The highest BCUT2D eigenvalue weighted by molar-refractivity contribution is 5.87. The first-order valence-electron chi connectivity index (χ1n) is 17.0. The number of rotatable bonds is 11. The molecule has 1 aliphatic carbocycles. The van der Waals surface area contributed by atoms with Crippen molar-refractivity contribution in [2.24, 2.45) is 11.8 Å². The summed E-state index contributed by atoms with van der Waals surface area (Å²) in [4.78, 5) is 29.2. The Labute approximate surface area is 277 Å². The van der Waals surface area contributed by atoms with Gasteiger partial charge in [-0.2, -0.15) is 0 Å². The van der Waals surface area contributed by atoms with Gasteiger partial charge < -0.3 is 34.4 Å². The summed E-state index contributed by atoms with van der Waals surface area (Å²) in [6.45, 7) is 10.9. The van der Waals surface area contributed by atoms with Crippen LogP contribution in [0, 0.1) is 11.8 Å². The van der Waals surface area contributed by atoms with Crippen LogP contribution in [0.5, 0.6) is 5.75 Å². The predicted octanol–water partition coefficient (Wildman–Crippen LogP) is 6.28. The zero-order valence-electron chi connectivity index (χ0n) is 28.5. The molecule has 2 amide bonds. The maximum Gasteiger partial charge on any atom is 0.410 e. The van der Waals surface area contributed by atoms with E-state index in [1.807, 2.05) is 24.3 Å². The minimum absolute atomic E-state index is 0. The molecule has 9 heteroatoms. The first-order valence-corrected chi connectivity index (χ1v) is 17.0. The van der Waals surface area contributed by atoms with E-state index in [9.17, 15) is 14.7 Å². The van der Waals surface area contributed by atoms with Gasteiger partial charge in [-0.05, 0) is 103 Å². The lowest BCUT2D eigenvalue weighted by atomic mass is 9.83. The molecule has 2 heterocycles. The Balaban J connectivity index is 0.00000600. The van der Waals surface area contributed by atoms with Gasteiger partial charge in [0.2, 0.25) is 5.91 Å². The molecule has 1 aromatic rings. The van der Waals surface area contributed by atoms with Crippen LogP contribution in [0.15, 0.2) is 60.2 Å². The Morgan fingerprint density at radius 1 is 1.13 bits per heavy atom. The van der Waals surface area contributed by atoms with Gasteiger partial charge in [0.1, 0.15) is 11.9 Å². The van der Waals surface area contributed by atoms with Crippen molar-refractivity contribution in [1.29, 1.82) is 0 Å². The minimum Gasteiger partial charge on any atom is -0.497 e. The standard InChI is InChI=1S/C37H55N3O6.H2/c1-27(10-17-34-23-30(26-41)25-37(3,4)46-34)9-12-29-13-15-31(16-14-29)38-35(42)18-11-28(2)45-36(43)40-21-19-39(20-22-40)32-7-6-8-33(24-32)44-5;/h6-11,17-18,24,28-31,34,41H,12-16,19-23,25-26H2,1-5H3,(H,38,42);1H/b17-10+,18-11-,27-9+;/t28-,29?,30-,31?,34+;/m0./s1. The molecule has 256 valence electrons. The average molecular weight is 640 g/mol. The van der Waals surface area contributed by atoms with Gasteiger partial charge in [0.05, 0.1) is 18.8 Å². The Hall–Kier alpha value is -3.30. The number of aliphatic hydroxyl groups excluding tert-OH is 1. The monoisotopic (exact) mass is 639 g/mol. The lowest BCUT2D eigenvalue weighted by Crippen LogP contribution is -2.49. The van der Waals surface area contributed by atoms with Gasteiger partial charge in [-0.1, -0.05) is 29.9 Å². The van der Waals surface area contributed by atoms with E-state index in [1.165, 1.54) is 11.6 Å². The van der Waals surface area contributed by atoms with E-state index in [0.717, 1.165) is 56.4 Å². The van der Waals surface area contributed by atoms with Crippen molar-refractivity contribution in [2.45, 2.75) is 96.5 Å². The largest absolute Gasteiger partial charge is 0.497 e. The highest BCUT2D eigenvalue weighted by Gasteiger charge is 2.33. The number of hydrogen-bond acceptors (Lipinski definition) is 7. The number of aliphatic hydroxyl groups is 1. The number of benzene rings is 1. The topological polar surface area (TPSA) is 101 Å². The average Bonchev–Trinajstić information content (AvgIpc) is 3.05. The molecule has 1 aromatic carbocycles. The van der Waals surface area contributed by atoms with Crippen molar-refractivity contribution in [3.8, 4) is 5.75 Å². The molecule has 0 aromatic heterocycles. The highest BCUT2D eigenvalue weighted by atomic mass is 16.6. The Morgan fingerprint density at radius 2 is 1.87 bits per heavy atom. The van der Waals surface area contributed by atoms with E-state index in [2.05, 4.69) is 49.2 Å². The van der Waals surface area contributed by atoms with Crippen LogP contribution >= 0.6 is 0 Å². The van der Waals surface area contributed by atoms with E-state index in [4.69, 9.17) is 14.2 Å². The Bertz CT molecular complexity index is 1230. The second-order valence-corrected chi connectivity index (χ2v) is 13.8. The maximum absolute atomic E-state index is 12.7. The van der Waals surface area contributed by atoms with Crippen molar-refractivity contribution >= 4 is 17.7 Å². The summed E-state index contributed by atoms with van der Waals surface area (Å²) in [5, 5.41) is 12.8. The third kappa shape index (κ3) is 11.2. The van der Waals surface area contributed by atoms with Crippen LogP contribution in [-0.2, 0) is 14.3 Å². The summed E-state index contributed by atoms with van der Waals surface area (Å²) in [6.07, 6.45) is 15.8. The van der Waals surface area contributed by atoms with Gasteiger partial charge in [0, 0.05) is 58.1 Å². The molecular weight excluding hydrogens is 582 g/mol. The number of nitrogens with one attached hydrogen (secondary N) is 1. The number of anilines is 1. The number of carbonyl (C=O) groups excluding carboxylic acids is 2. The molecule has 2 N–H and O–H groups in total. The first kappa shape index (κ1) is 35.6. The molecule has 3 atom stereocenters. The number of carbonyl (C=O) groups is 2.